The Morgan fingerprint density at radius 3 is 2.87 bits per heavy atom. The van der Waals surface area contributed by atoms with Gasteiger partial charge in [0.25, 0.3) is 5.91 Å². The molecule has 0 bridgehead atoms. The van der Waals surface area contributed by atoms with Crippen LogP contribution in [0.15, 0.2) is 30.3 Å². The number of carbonyl (C=O) groups excluding carboxylic acids is 1. The van der Waals surface area contributed by atoms with Gasteiger partial charge >= 0.3 is 0 Å². The Morgan fingerprint density at radius 1 is 1.35 bits per heavy atom. The Kier molecular flexibility index (Phi) is 3.61. The number of hydrogen-bond acceptors (Lipinski definition) is 3. The van der Waals surface area contributed by atoms with Gasteiger partial charge in [-0.1, -0.05) is 47.5 Å². The highest BCUT2D eigenvalue weighted by Gasteiger charge is 2.32. The second-order valence-electron chi connectivity index (χ2n) is 5.54. The topological polar surface area (TPSA) is 65.1 Å². The fourth-order valence-electron chi connectivity index (χ4n) is 2.99. The molecule has 3 N–H and O–H groups in total. The van der Waals surface area contributed by atoms with Gasteiger partial charge in [-0.3, -0.25) is 4.79 Å². The molecule has 0 radical (unpaired) electrons. The van der Waals surface area contributed by atoms with Crippen molar-refractivity contribution in [2.45, 2.75) is 18.6 Å². The van der Waals surface area contributed by atoms with Crippen LogP contribution in [0.4, 0.5) is 0 Å². The predicted octanol–water partition coefficient (Wildman–Crippen LogP) is 3.92. The van der Waals surface area contributed by atoms with E-state index in [0.29, 0.717) is 27.0 Å². The van der Waals surface area contributed by atoms with E-state index in [4.69, 9.17) is 23.2 Å². The molecule has 7 heteroatoms. The number of fused-ring (bicyclic) bond motifs is 2. The summed E-state index contributed by atoms with van der Waals surface area (Å²) in [5.74, 6) is -0.266. The summed E-state index contributed by atoms with van der Waals surface area (Å²) in [5.41, 5.74) is 3.02. The van der Waals surface area contributed by atoms with E-state index in [-0.39, 0.29) is 11.9 Å². The van der Waals surface area contributed by atoms with Gasteiger partial charge in [0.15, 0.2) is 0 Å². The Bertz CT molecular complexity index is 918. The molecule has 1 amide bonds. The molecular formula is C16H12Cl2N2O2S. The molecule has 1 aliphatic rings. The fraction of sp³-hybridized carbons (Fsp3) is 0.188. The first-order valence-corrected chi connectivity index (χ1v) is 8.65. The van der Waals surface area contributed by atoms with Crippen LogP contribution in [0, 0.1) is 0 Å². The van der Waals surface area contributed by atoms with Crippen molar-refractivity contribution in [2.75, 3.05) is 0 Å². The third kappa shape index (κ3) is 2.44. The van der Waals surface area contributed by atoms with E-state index in [2.05, 4.69) is 10.3 Å². The van der Waals surface area contributed by atoms with Gasteiger partial charge in [-0.25, -0.2) is 0 Å². The summed E-state index contributed by atoms with van der Waals surface area (Å²) in [6, 6.07) is 9.06. The Morgan fingerprint density at radius 2 is 2.13 bits per heavy atom. The van der Waals surface area contributed by atoms with Crippen LogP contribution in [0.5, 0.6) is 0 Å². The molecule has 0 fully saturated rings. The lowest BCUT2D eigenvalue weighted by Crippen LogP contribution is -2.37. The molecule has 2 heterocycles. The van der Waals surface area contributed by atoms with Crippen LogP contribution >= 0.6 is 34.5 Å². The van der Waals surface area contributed by atoms with Crippen molar-refractivity contribution < 1.29 is 9.90 Å². The van der Waals surface area contributed by atoms with E-state index < -0.39 is 6.10 Å². The first kappa shape index (κ1) is 15.0. The van der Waals surface area contributed by atoms with Crippen molar-refractivity contribution in [1.29, 1.82) is 0 Å². The van der Waals surface area contributed by atoms with E-state index in [1.165, 1.54) is 11.3 Å². The minimum absolute atomic E-state index is 0.266. The highest BCUT2D eigenvalue weighted by molar-refractivity contribution is 7.23. The monoisotopic (exact) mass is 366 g/mol. The molecule has 4 rings (SSSR count). The summed E-state index contributed by atoms with van der Waals surface area (Å²) < 4.78 is 1.34. The summed E-state index contributed by atoms with van der Waals surface area (Å²) in [5, 5.41) is 13.7. The van der Waals surface area contributed by atoms with Crippen molar-refractivity contribution in [3.8, 4) is 0 Å². The van der Waals surface area contributed by atoms with Crippen LogP contribution in [0.3, 0.4) is 0 Å². The molecule has 0 unspecified atom stereocenters. The number of halogens is 2. The van der Waals surface area contributed by atoms with Crippen LogP contribution in [-0.2, 0) is 6.42 Å². The molecule has 2 aromatic heterocycles. The van der Waals surface area contributed by atoms with Gasteiger partial charge in [-0.2, -0.15) is 0 Å². The number of thiophene rings is 1. The molecule has 23 heavy (non-hydrogen) atoms. The molecule has 118 valence electrons. The van der Waals surface area contributed by atoms with Crippen LogP contribution < -0.4 is 5.32 Å². The van der Waals surface area contributed by atoms with Crippen molar-refractivity contribution in [3.63, 3.8) is 0 Å². The summed E-state index contributed by atoms with van der Waals surface area (Å²) in [6.07, 6.45) is -0.0747. The lowest BCUT2D eigenvalue weighted by atomic mass is 10.1. The molecule has 0 spiro atoms. The quantitative estimate of drug-likeness (QED) is 0.643. The Balaban J connectivity index is 1.56. The normalized spacial score (nSPS) is 20.0. The number of carbonyl (C=O) groups is 1. The van der Waals surface area contributed by atoms with Crippen molar-refractivity contribution >= 4 is 50.7 Å². The Hall–Kier alpha value is -1.53. The largest absolute Gasteiger partial charge is 0.386 e. The summed E-state index contributed by atoms with van der Waals surface area (Å²) in [6.45, 7) is 0. The zero-order chi connectivity index (χ0) is 16.1. The van der Waals surface area contributed by atoms with E-state index in [9.17, 15) is 9.90 Å². The number of aliphatic hydroxyl groups excluding tert-OH is 1. The minimum atomic E-state index is -0.690. The first-order valence-electron chi connectivity index (χ1n) is 7.08. The number of aromatic nitrogens is 1. The zero-order valence-corrected chi connectivity index (χ0v) is 14.1. The molecule has 0 saturated carbocycles. The summed E-state index contributed by atoms with van der Waals surface area (Å²) in [7, 11) is 0. The van der Waals surface area contributed by atoms with Crippen LogP contribution in [0.1, 0.15) is 27.7 Å². The number of amides is 1. The number of aliphatic hydroxyl groups is 1. The lowest BCUT2D eigenvalue weighted by molar-refractivity contribution is 0.0854. The highest BCUT2D eigenvalue weighted by atomic mass is 35.5. The van der Waals surface area contributed by atoms with Gasteiger partial charge in [0, 0.05) is 0 Å². The van der Waals surface area contributed by atoms with Gasteiger partial charge in [0.05, 0.1) is 27.4 Å². The van der Waals surface area contributed by atoms with Crippen LogP contribution in [-0.4, -0.2) is 22.0 Å². The average molecular weight is 367 g/mol. The number of nitrogens with one attached hydrogen (secondary N) is 2. The van der Waals surface area contributed by atoms with Crippen molar-refractivity contribution in [1.82, 2.24) is 10.3 Å². The number of rotatable bonds is 2. The first-order chi connectivity index (χ1) is 11.0. The lowest BCUT2D eigenvalue weighted by Gasteiger charge is -2.16. The molecule has 1 aliphatic carbocycles. The third-order valence-electron chi connectivity index (χ3n) is 4.13. The number of aromatic amines is 1. The van der Waals surface area contributed by atoms with E-state index >= 15 is 0 Å². The average Bonchev–Trinajstić information content (AvgIpc) is 3.16. The number of H-pyrrole nitrogens is 1. The van der Waals surface area contributed by atoms with E-state index in [1.54, 1.807) is 6.07 Å². The molecule has 0 aliphatic heterocycles. The molecule has 4 nitrogen and oxygen atoms in total. The van der Waals surface area contributed by atoms with Crippen LogP contribution in [0.25, 0.3) is 10.2 Å². The maximum Gasteiger partial charge on any atom is 0.268 e. The SMILES string of the molecule is O=C(N[C@@H]1Cc2ccccc2[C@H]1O)c1cc2sc(Cl)c(Cl)c2[nH]1. The minimum Gasteiger partial charge on any atom is -0.386 e. The molecule has 0 saturated heterocycles. The maximum atomic E-state index is 12.4. The molecule has 3 aromatic rings. The van der Waals surface area contributed by atoms with Crippen molar-refractivity contribution in [2.24, 2.45) is 0 Å². The van der Waals surface area contributed by atoms with Gasteiger partial charge in [-0.15, -0.1) is 11.3 Å². The number of hydrogen-bond donors (Lipinski definition) is 3. The van der Waals surface area contributed by atoms with Gasteiger partial charge in [0.2, 0.25) is 0 Å². The maximum absolute atomic E-state index is 12.4. The van der Waals surface area contributed by atoms with E-state index in [0.717, 1.165) is 15.8 Å². The standard InChI is InChI=1S/C16H12Cl2N2O2S/c17-12-13-11(23-15(12)18)6-10(19-13)16(22)20-9-5-7-3-1-2-4-8(7)14(9)21/h1-4,6,9,14,19,21H,5H2,(H,20,22)/t9-,14-/m1/s1. The van der Waals surface area contributed by atoms with Gasteiger partial charge < -0.3 is 15.4 Å². The summed E-state index contributed by atoms with van der Waals surface area (Å²) >= 11 is 13.4. The summed E-state index contributed by atoms with van der Waals surface area (Å²) in [4.78, 5) is 15.4. The van der Waals surface area contributed by atoms with Crippen molar-refractivity contribution in [3.05, 3.63) is 56.5 Å². The van der Waals surface area contributed by atoms with Gasteiger partial charge in [-0.05, 0) is 23.6 Å². The highest BCUT2D eigenvalue weighted by Crippen LogP contribution is 2.39. The fourth-order valence-corrected chi connectivity index (χ4v) is 4.47. The second-order valence-corrected chi connectivity index (χ2v) is 7.57. The predicted molar refractivity (Wildman–Crippen MR) is 92.6 cm³/mol. The number of benzene rings is 1. The van der Waals surface area contributed by atoms with Gasteiger partial charge in [0.1, 0.15) is 10.0 Å². The molecular weight excluding hydrogens is 355 g/mol. The third-order valence-corrected chi connectivity index (χ3v) is 6.06. The zero-order valence-electron chi connectivity index (χ0n) is 11.8. The smallest absolute Gasteiger partial charge is 0.268 e. The van der Waals surface area contributed by atoms with E-state index in [1.807, 2.05) is 24.3 Å². The Labute approximate surface area is 146 Å². The molecule has 2 atom stereocenters. The second kappa shape index (κ2) is 5.53. The van der Waals surface area contributed by atoms with Crippen LogP contribution in [0.2, 0.25) is 9.36 Å². The molecule has 1 aromatic carbocycles.